The van der Waals surface area contributed by atoms with Crippen molar-refractivity contribution in [2.75, 3.05) is 0 Å². The molecule has 5 heteroatoms. The van der Waals surface area contributed by atoms with Crippen molar-refractivity contribution in [3.8, 4) is 0 Å². The summed E-state index contributed by atoms with van der Waals surface area (Å²) in [4.78, 5) is 4.71. The van der Waals surface area contributed by atoms with E-state index in [0.717, 1.165) is 29.1 Å². The minimum atomic E-state index is -0.130. The molecular weight excluding hydrogens is 284 g/mol. The Balaban J connectivity index is 2.15. The quantitative estimate of drug-likeness (QED) is 0.691. The van der Waals surface area contributed by atoms with E-state index in [1.165, 1.54) is 11.1 Å². The topological polar surface area (TPSA) is 35.6 Å². The number of benzene rings is 1. The number of alkyl halides is 1. The van der Waals surface area contributed by atoms with Gasteiger partial charge < -0.3 is 4.57 Å². The molecule has 0 saturated carbocycles. The second-order valence-electron chi connectivity index (χ2n) is 5.58. The number of imidazole rings is 1. The van der Waals surface area contributed by atoms with Crippen LogP contribution in [-0.4, -0.2) is 19.3 Å². The highest BCUT2D eigenvalue weighted by Crippen LogP contribution is 2.26. The molecule has 2 heterocycles. The van der Waals surface area contributed by atoms with Gasteiger partial charge in [-0.25, -0.2) is 4.98 Å². The normalized spacial score (nSPS) is 13.0. The van der Waals surface area contributed by atoms with E-state index in [-0.39, 0.29) is 5.38 Å². The molecule has 0 bridgehead atoms. The van der Waals surface area contributed by atoms with Crippen molar-refractivity contribution in [3.05, 3.63) is 47.0 Å². The highest BCUT2D eigenvalue weighted by Gasteiger charge is 2.16. The van der Waals surface area contributed by atoms with E-state index in [0.29, 0.717) is 0 Å². The largest absolute Gasteiger partial charge is 0.322 e. The summed E-state index contributed by atoms with van der Waals surface area (Å²) in [6.45, 7) is 6.81. The first-order valence-corrected chi connectivity index (χ1v) is 7.49. The zero-order valence-corrected chi connectivity index (χ0v) is 13.5. The second-order valence-corrected chi connectivity index (χ2v) is 6.23. The van der Waals surface area contributed by atoms with Crippen LogP contribution >= 0.6 is 11.6 Å². The third-order valence-electron chi connectivity index (χ3n) is 3.73. The van der Waals surface area contributed by atoms with Gasteiger partial charge in [-0.3, -0.25) is 4.68 Å². The predicted molar refractivity (Wildman–Crippen MR) is 85.8 cm³/mol. The molecule has 0 fully saturated rings. The molecule has 1 atom stereocenters. The first kappa shape index (κ1) is 14.1. The molecule has 0 radical (unpaired) electrons. The van der Waals surface area contributed by atoms with Gasteiger partial charge in [0, 0.05) is 18.8 Å². The zero-order chi connectivity index (χ0) is 15.1. The number of aryl methyl sites for hydroxylation is 3. The van der Waals surface area contributed by atoms with Crippen molar-refractivity contribution in [2.24, 2.45) is 7.05 Å². The van der Waals surface area contributed by atoms with Crippen molar-refractivity contribution in [3.63, 3.8) is 0 Å². The fraction of sp³-hybridized carbons (Fsp3) is 0.375. The molecule has 0 amide bonds. The molecule has 0 aliphatic heterocycles. The molecule has 0 N–H and O–H groups in total. The van der Waals surface area contributed by atoms with Crippen LogP contribution in [0.3, 0.4) is 0 Å². The highest BCUT2D eigenvalue weighted by atomic mass is 35.5. The van der Waals surface area contributed by atoms with Crippen molar-refractivity contribution < 1.29 is 0 Å². The summed E-state index contributed by atoms with van der Waals surface area (Å²) in [5.74, 6) is 0.903. The molecule has 1 unspecified atom stereocenters. The lowest BCUT2D eigenvalue weighted by molar-refractivity contribution is 0.738. The molecule has 1 aromatic carbocycles. The smallest absolute Gasteiger partial charge is 0.128 e. The van der Waals surface area contributed by atoms with E-state index in [1.54, 1.807) is 0 Å². The average Bonchev–Trinajstić information content (AvgIpc) is 2.90. The molecule has 2 aromatic heterocycles. The Kier molecular flexibility index (Phi) is 3.49. The van der Waals surface area contributed by atoms with Gasteiger partial charge in [0.2, 0.25) is 0 Å². The Labute approximate surface area is 129 Å². The van der Waals surface area contributed by atoms with Crippen LogP contribution in [0.2, 0.25) is 0 Å². The van der Waals surface area contributed by atoms with E-state index in [2.05, 4.69) is 41.0 Å². The van der Waals surface area contributed by atoms with Crippen LogP contribution < -0.4 is 0 Å². The lowest BCUT2D eigenvalue weighted by atomic mass is 10.2. The van der Waals surface area contributed by atoms with Crippen molar-refractivity contribution in [1.29, 1.82) is 0 Å². The van der Waals surface area contributed by atoms with Crippen LogP contribution in [0.5, 0.6) is 0 Å². The Morgan fingerprint density at radius 2 is 2.05 bits per heavy atom. The van der Waals surface area contributed by atoms with Crippen LogP contribution in [0, 0.1) is 13.8 Å². The summed E-state index contributed by atoms with van der Waals surface area (Å²) in [5, 5.41) is 4.28. The van der Waals surface area contributed by atoms with Gasteiger partial charge in [-0.1, -0.05) is 6.07 Å². The number of hydrogen-bond donors (Lipinski definition) is 0. The minimum absolute atomic E-state index is 0.130. The Hall–Kier alpha value is -1.81. The zero-order valence-electron chi connectivity index (χ0n) is 12.8. The van der Waals surface area contributed by atoms with Gasteiger partial charge in [0.25, 0.3) is 0 Å². The SMILES string of the molecule is Cc1ccc2c(c1)nc(C(C)Cl)n2Cc1cn(C)nc1C. The summed E-state index contributed by atoms with van der Waals surface area (Å²) >= 11 is 6.33. The molecular formula is C16H19ClN4. The molecule has 3 aromatic rings. The van der Waals surface area contributed by atoms with Crippen LogP contribution in [-0.2, 0) is 13.6 Å². The molecule has 21 heavy (non-hydrogen) atoms. The third kappa shape index (κ3) is 2.56. The van der Waals surface area contributed by atoms with E-state index in [1.807, 2.05) is 25.6 Å². The van der Waals surface area contributed by atoms with Crippen molar-refractivity contribution in [1.82, 2.24) is 19.3 Å². The first-order chi connectivity index (χ1) is 9.95. The predicted octanol–water partition coefficient (Wildman–Crippen LogP) is 3.73. The van der Waals surface area contributed by atoms with Gasteiger partial charge in [-0.05, 0) is 38.5 Å². The van der Waals surface area contributed by atoms with Crippen molar-refractivity contribution >= 4 is 22.6 Å². The fourth-order valence-corrected chi connectivity index (χ4v) is 2.87. The maximum absolute atomic E-state index is 6.33. The summed E-state index contributed by atoms with van der Waals surface area (Å²) < 4.78 is 4.04. The van der Waals surface area contributed by atoms with Gasteiger partial charge in [-0.15, -0.1) is 11.6 Å². The van der Waals surface area contributed by atoms with Gasteiger partial charge in [-0.2, -0.15) is 5.10 Å². The maximum atomic E-state index is 6.33. The molecule has 0 saturated heterocycles. The number of hydrogen-bond acceptors (Lipinski definition) is 2. The fourth-order valence-electron chi connectivity index (χ4n) is 2.70. The Morgan fingerprint density at radius 3 is 2.67 bits per heavy atom. The number of rotatable bonds is 3. The maximum Gasteiger partial charge on any atom is 0.128 e. The van der Waals surface area contributed by atoms with E-state index in [9.17, 15) is 0 Å². The number of fused-ring (bicyclic) bond motifs is 1. The molecule has 0 aliphatic rings. The van der Waals surface area contributed by atoms with E-state index >= 15 is 0 Å². The third-order valence-corrected chi connectivity index (χ3v) is 3.93. The second kappa shape index (κ2) is 5.19. The van der Waals surface area contributed by atoms with Crippen LogP contribution in [0.4, 0.5) is 0 Å². The number of halogens is 1. The van der Waals surface area contributed by atoms with Crippen LogP contribution in [0.25, 0.3) is 11.0 Å². The number of aromatic nitrogens is 4. The van der Waals surface area contributed by atoms with E-state index < -0.39 is 0 Å². The van der Waals surface area contributed by atoms with Crippen LogP contribution in [0.15, 0.2) is 24.4 Å². The first-order valence-electron chi connectivity index (χ1n) is 7.05. The Bertz CT molecular complexity index is 798. The molecule has 0 aliphatic carbocycles. The standard InChI is InChI=1S/C16H19ClN4/c1-10-5-6-15-14(7-10)18-16(11(2)17)21(15)9-13-8-20(4)19-12(13)3/h5-8,11H,9H2,1-4H3. The van der Waals surface area contributed by atoms with Gasteiger partial charge in [0.15, 0.2) is 0 Å². The average molecular weight is 303 g/mol. The van der Waals surface area contributed by atoms with Gasteiger partial charge >= 0.3 is 0 Å². The number of nitrogens with zero attached hydrogens (tertiary/aromatic N) is 4. The van der Waals surface area contributed by atoms with Gasteiger partial charge in [0.05, 0.1) is 28.6 Å². The van der Waals surface area contributed by atoms with Crippen LogP contribution in [0.1, 0.15) is 34.9 Å². The monoisotopic (exact) mass is 302 g/mol. The van der Waals surface area contributed by atoms with E-state index in [4.69, 9.17) is 16.6 Å². The lowest BCUT2D eigenvalue weighted by Crippen LogP contribution is -2.06. The summed E-state index contributed by atoms with van der Waals surface area (Å²) in [6, 6.07) is 6.33. The summed E-state index contributed by atoms with van der Waals surface area (Å²) in [6.07, 6.45) is 2.05. The molecule has 0 spiro atoms. The molecule has 4 nitrogen and oxygen atoms in total. The highest BCUT2D eigenvalue weighted by molar-refractivity contribution is 6.20. The van der Waals surface area contributed by atoms with Gasteiger partial charge in [0.1, 0.15) is 5.82 Å². The molecule has 110 valence electrons. The lowest BCUT2D eigenvalue weighted by Gasteiger charge is -2.10. The minimum Gasteiger partial charge on any atom is -0.322 e. The molecule has 3 rings (SSSR count). The Morgan fingerprint density at radius 1 is 1.29 bits per heavy atom. The van der Waals surface area contributed by atoms with Crippen molar-refractivity contribution in [2.45, 2.75) is 32.7 Å². The summed E-state index contributed by atoms with van der Waals surface area (Å²) in [5.41, 5.74) is 5.56. The summed E-state index contributed by atoms with van der Waals surface area (Å²) in [7, 11) is 1.94.